The maximum atomic E-state index is 5.50. The Morgan fingerprint density at radius 3 is 2.15 bits per heavy atom. The summed E-state index contributed by atoms with van der Waals surface area (Å²) in [4.78, 5) is 2.52. The molecular weight excluding hydrogens is 168 g/mol. The zero-order valence-electron chi connectivity index (χ0n) is 8.16. The maximum absolute atomic E-state index is 5.50. The number of nitrogens with one attached hydrogen (secondary N) is 1. The highest BCUT2D eigenvalue weighted by Crippen LogP contribution is 2.18. The number of hydrogen-bond acceptors (Lipinski definition) is 4. The van der Waals surface area contributed by atoms with Gasteiger partial charge >= 0.3 is 0 Å². The molecule has 0 aromatic rings. The Hall–Kier alpha value is -0.160. The van der Waals surface area contributed by atoms with Crippen LogP contribution in [0.4, 0.5) is 0 Å². The first-order valence-electron chi connectivity index (χ1n) is 4.97. The summed E-state index contributed by atoms with van der Waals surface area (Å²) in [7, 11) is 1.99. The molecule has 4 nitrogen and oxygen atoms in total. The van der Waals surface area contributed by atoms with Gasteiger partial charge in [-0.2, -0.15) is 0 Å². The molecule has 0 amide bonds. The van der Waals surface area contributed by atoms with Gasteiger partial charge in [0, 0.05) is 13.1 Å². The zero-order valence-corrected chi connectivity index (χ0v) is 8.16. The van der Waals surface area contributed by atoms with Crippen molar-refractivity contribution >= 4 is 0 Å². The number of morpholine rings is 2. The summed E-state index contributed by atoms with van der Waals surface area (Å²) < 4.78 is 11.0. The summed E-state index contributed by atoms with van der Waals surface area (Å²) in [5.74, 6) is 0. The van der Waals surface area contributed by atoms with Crippen LogP contribution in [0.15, 0.2) is 0 Å². The second-order valence-corrected chi connectivity index (χ2v) is 3.72. The number of fused-ring (bicyclic) bond motifs is 2. The fourth-order valence-electron chi connectivity index (χ4n) is 2.06. The van der Waals surface area contributed by atoms with Crippen molar-refractivity contribution in [1.29, 1.82) is 0 Å². The summed E-state index contributed by atoms with van der Waals surface area (Å²) in [6, 6.07) is 0.974. The highest BCUT2D eigenvalue weighted by molar-refractivity contribution is 4.86. The fourth-order valence-corrected chi connectivity index (χ4v) is 2.06. The Labute approximate surface area is 79.2 Å². The molecule has 2 aliphatic heterocycles. The molecule has 0 spiro atoms. The van der Waals surface area contributed by atoms with Crippen molar-refractivity contribution in [1.82, 2.24) is 10.2 Å². The van der Waals surface area contributed by atoms with E-state index in [9.17, 15) is 0 Å². The van der Waals surface area contributed by atoms with Gasteiger partial charge in [0.25, 0.3) is 0 Å². The molecule has 4 heteroatoms. The Morgan fingerprint density at radius 2 is 1.69 bits per heavy atom. The maximum Gasteiger partial charge on any atom is 0.0645 e. The monoisotopic (exact) mass is 186 g/mol. The molecule has 2 fully saturated rings. The molecule has 0 aromatic heterocycles. The minimum absolute atomic E-state index is 0.487. The van der Waals surface area contributed by atoms with Crippen LogP contribution in [0.2, 0.25) is 0 Å². The van der Waals surface area contributed by atoms with E-state index in [4.69, 9.17) is 9.47 Å². The van der Waals surface area contributed by atoms with Gasteiger partial charge in [-0.15, -0.1) is 0 Å². The largest absolute Gasteiger partial charge is 0.378 e. The van der Waals surface area contributed by atoms with Gasteiger partial charge in [0.1, 0.15) is 0 Å². The van der Waals surface area contributed by atoms with Crippen molar-refractivity contribution in [3.05, 3.63) is 0 Å². The number of rotatable bonds is 3. The number of hydrogen-bond donors (Lipinski definition) is 1. The molecule has 2 aliphatic rings. The molecule has 2 saturated heterocycles. The van der Waals surface area contributed by atoms with Gasteiger partial charge in [-0.1, -0.05) is 0 Å². The Kier molecular flexibility index (Phi) is 3.16. The van der Waals surface area contributed by atoms with Gasteiger partial charge in [-0.25, -0.2) is 0 Å². The van der Waals surface area contributed by atoms with Gasteiger partial charge in [-0.05, 0) is 7.05 Å². The van der Waals surface area contributed by atoms with Gasteiger partial charge in [0.05, 0.1) is 38.5 Å². The van der Waals surface area contributed by atoms with E-state index in [1.165, 1.54) is 0 Å². The van der Waals surface area contributed by atoms with Crippen molar-refractivity contribution in [3.8, 4) is 0 Å². The lowest BCUT2D eigenvalue weighted by Crippen LogP contribution is -2.60. The molecule has 0 radical (unpaired) electrons. The quantitative estimate of drug-likeness (QED) is 0.632. The van der Waals surface area contributed by atoms with E-state index in [-0.39, 0.29) is 0 Å². The van der Waals surface area contributed by atoms with E-state index in [1.54, 1.807) is 0 Å². The van der Waals surface area contributed by atoms with E-state index in [2.05, 4.69) is 10.2 Å². The van der Waals surface area contributed by atoms with E-state index in [1.807, 2.05) is 7.05 Å². The van der Waals surface area contributed by atoms with Gasteiger partial charge in [0.2, 0.25) is 0 Å². The molecule has 76 valence electrons. The first-order valence-corrected chi connectivity index (χ1v) is 4.97. The van der Waals surface area contributed by atoms with Crippen LogP contribution >= 0.6 is 0 Å². The zero-order chi connectivity index (χ0) is 9.10. The molecule has 0 atom stereocenters. The summed E-state index contributed by atoms with van der Waals surface area (Å²) in [5, 5.41) is 3.18. The van der Waals surface area contributed by atoms with Crippen LogP contribution < -0.4 is 5.32 Å². The van der Waals surface area contributed by atoms with Crippen LogP contribution in [0.1, 0.15) is 0 Å². The summed E-state index contributed by atoms with van der Waals surface area (Å²) in [6.07, 6.45) is 0. The summed E-state index contributed by atoms with van der Waals surface area (Å²) in [6.45, 7) is 5.49. The van der Waals surface area contributed by atoms with Crippen LogP contribution in [0.3, 0.4) is 0 Å². The van der Waals surface area contributed by atoms with Crippen LogP contribution in [0, 0.1) is 0 Å². The SMILES string of the molecule is CNCCN1C2COCC1COC2. The predicted octanol–water partition coefficient (Wildman–Crippen LogP) is -0.695. The number of nitrogens with zero attached hydrogens (tertiary/aromatic N) is 1. The van der Waals surface area contributed by atoms with E-state index in [0.717, 1.165) is 39.5 Å². The smallest absolute Gasteiger partial charge is 0.0645 e. The van der Waals surface area contributed by atoms with Crippen LogP contribution in [-0.2, 0) is 9.47 Å². The topological polar surface area (TPSA) is 33.7 Å². The normalized spacial score (nSPS) is 34.8. The third-order valence-electron chi connectivity index (χ3n) is 2.80. The molecule has 2 heterocycles. The average Bonchev–Trinajstić information content (AvgIpc) is 2.14. The molecular formula is C9H18N2O2. The standard InChI is InChI=1S/C9H18N2O2/c1-10-2-3-11-8-4-12-6-9(11)7-13-5-8/h8-10H,2-7H2,1H3. The number of likely N-dealkylation sites (N-methyl/N-ethyl adjacent to an activating group) is 1. The van der Waals surface area contributed by atoms with E-state index in [0.29, 0.717) is 12.1 Å². The molecule has 2 rings (SSSR count). The second-order valence-electron chi connectivity index (χ2n) is 3.72. The molecule has 0 unspecified atom stereocenters. The average molecular weight is 186 g/mol. The highest BCUT2D eigenvalue weighted by Gasteiger charge is 2.34. The van der Waals surface area contributed by atoms with Gasteiger partial charge in [-0.3, -0.25) is 4.90 Å². The lowest BCUT2D eigenvalue weighted by Gasteiger charge is -2.45. The molecule has 1 N–H and O–H groups in total. The summed E-state index contributed by atoms with van der Waals surface area (Å²) >= 11 is 0. The minimum Gasteiger partial charge on any atom is -0.378 e. The van der Waals surface area contributed by atoms with Gasteiger partial charge in [0.15, 0.2) is 0 Å². The van der Waals surface area contributed by atoms with Gasteiger partial charge < -0.3 is 14.8 Å². The first-order chi connectivity index (χ1) is 6.42. The second kappa shape index (κ2) is 4.37. The van der Waals surface area contributed by atoms with Crippen molar-refractivity contribution < 1.29 is 9.47 Å². The Bertz CT molecular complexity index is 144. The minimum atomic E-state index is 0.487. The Balaban J connectivity index is 1.90. The number of ether oxygens (including phenoxy) is 2. The molecule has 2 bridgehead atoms. The molecule has 13 heavy (non-hydrogen) atoms. The highest BCUT2D eigenvalue weighted by atomic mass is 16.5. The fraction of sp³-hybridized carbons (Fsp3) is 1.00. The van der Waals surface area contributed by atoms with Crippen molar-refractivity contribution in [2.45, 2.75) is 12.1 Å². The predicted molar refractivity (Wildman–Crippen MR) is 49.8 cm³/mol. The lowest BCUT2D eigenvalue weighted by molar-refractivity contribution is -0.136. The first kappa shape index (κ1) is 9.40. The Morgan fingerprint density at radius 1 is 1.15 bits per heavy atom. The third kappa shape index (κ3) is 2.02. The summed E-state index contributed by atoms with van der Waals surface area (Å²) in [5.41, 5.74) is 0. The van der Waals surface area contributed by atoms with E-state index >= 15 is 0 Å². The van der Waals surface area contributed by atoms with E-state index < -0.39 is 0 Å². The third-order valence-corrected chi connectivity index (χ3v) is 2.80. The van der Waals surface area contributed by atoms with Crippen molar-refractivity contribution in [2.75, 3.05) is 46.6 Å². The van der Waals surface area contributed by atoms with Crippen molar-refractivity contribution in [3.63, 3.8) is 0 Å². The van der Waals surface area contributed by atoms with Crippen molar-refractivity contribution in [2.24, 2.45) is 0 Å². The van der Waals surface area contributed by atoms with Crippen LogP contribution in [0.5, 0.6) is 0 Å². The molecule has 0 aromatic carbocycles. The van der Waals surface area contributed by atoms with Crippen LogP contribution in [0.25, 0.3) is 0 Å². The lowest BCUT2D eigenvalue weighted by atomic mass is 10.1. The van der Waals surface area contributed by atoms with Crippen LogP contribution in [-0.4, -0.2) is 63.5 Å². The molecule has 0 saturated carbocycles. The molecule has 0 aliphatic carbocycles.